The fourth-order valence-electron chi connectivity index (χ4n) is 1.34. The number of nitrogens with zero attached hydrogens (tertiary/aromatic N) is 1. The molecule has 0 unspecified atom stereocenters. The van der Waals surface area contributed by atoms with E-state index in [2.05, 4.69) is 10.2 Å². The summed E-state index contributed by atoms with van der Waals surface area (Å²) in [6, 6.07) is 8.16. The van der Waals surface area contributed by atoms with Crippen molar-refractivity contribution in [2.75, 3.05) is 0 Å². The zero-order valence-corrected chi connectivity index (χ0v) is 8.53. The van der Waals surface area contributed by atoms with Crippen LogP contribution in [-0.4, -0.2) is 18.6 Å². The van der Waals surface area contributed by atoms with Gasteiger partial charge in [0.2, 0.25) is 10.0 Å². The molecule has 0 aliphatic rings. The Morgan fingerprint density at radius 3 is 2.53 bits per heavy atom. The van der Waals surface area contributed by atoms with E-state index in [0.29, 0.717) is 11.3 Å². The second-order valence-corrected chi connectivity index (χ2v) is 4.53. The maximum Gasteiger partial charge on any atom is 0.238 e. The van der Waals surface area contributed by atoms with Crippen LogP contribution in [0.5, 0.6) is 0 Å². The number of H-pyrrole nitrogens is 1. The van der Waals surface area contributed by atoms with Gasteiger partial charge in [-0.2, -0.15) is 5.10 Å². The molecule has 0 radical (unpaired) electrons. The maximum absolute atomic E-state index is 11.3. The van der Waals surface area contributed by atoms with E-state index in [-0.39, 0.29) is 4.90 Å². The lowest BCUT2D eigenvalue weighted by Gasteiger charge is -2.03. The van der Waals surface area contributed by atoms with Gasteiger partial charge < -0.3 is 0 Å². The number of rotatable bonds is 2. The second kappa shape index (κ2) is 3.48. The third-order valence-corrected chi connectivity index (χ3v) is 2.94. The normalized spacial score (nSPS) is 11.5. The fourth-order valence-corrected chi connectivity index (χ4v) is 2.08. The Labute approximate surface area is 87.0 Å². The number of hydrogen-bond donors (Lipinski definition) is 2. The number of primary sulfonamides is 1. The lowest BCUT2D eigenvalue weighted by Crippen LogP contribution is -2.13. The highest BCUT2D eigenvalue weighted by Gasteiger charge is 2.15. The van der Waals surface area contributed by atoms with Crippen LogP contribution in [0.4, 0.5) is 0 Å². The Balaban J connectivity index is 2.68. The van der Waals surface area contributed by atoms with Crippen LogP contribution in [0, 0.1) is 0 Å². The van der Waals surface area contributed by atoms with Crippen LogP contribution in [-0.2, 0) is 10.0 Å². The topological polar surface area (TPSA) is 88.8 Å². The molecule has 0 atom stereocenters. The predicted octanol–water partition coefficient (Wildman–Crippen LogP) is 0.724. The molecule has 0 spiro atoms. The molecule has 0 amide bonds. The molecule has 0 aliphatic carbocycles. The summed E-state index contributed by atoms with van der Waals surface area (Å²) >= 11 is 0. The first-order valence-corrected chi connectivity index (χ1v) is 5.75. The molecule has 3 N–H and O–H groups in total. The lowest BCUT2D eigenvalue weighted by atomic mass is 10.1. The van der Waals surface area contributed by atoms with Gasteiger partial charge in [-0.3, -0.25) is 5.10 Å². The van der Waals surface area contributed by atoms with Crippen LogP contribution in [0.3, 0.4) is 0 Å². The SMILES string of the molecule is NS(=O)(=O)c1ccccc1-c1cc[nH]n1. The predicted molar refractivity (Wildman–Crippen MR) is 55.4 cm³/mol. The van der Waals surface area contributed by atoms with Crippen LogP contribution in [0.2, 0.25) is 0 Å². The van der Waals surface area contributed by atoms with Crippen molar-refractivity contribution in [2.24, 2.45) is 5.14 Å². The molecule has 0 saturated heterocycles. The number of aromatic nitrogens is 2. The Kier molecular flexibility index (Phi) is 2.29. The van der Waals surface area contributed by atoms with E-state index in [0.717, 1.165) is 0 Å². The summed E-state index contributed by atoms with van der Waals surface area (Å²) in [6.07, 6.45) is 1.62. The Morgan fingerprint density at radius 1 is 1.20 bits per heavy atom. The zero-order chi connectivity index (χ0) is 10.9. The molecular formula is C9H9N3O2S. The van der Waals surface area contributed by atoms with E-state index in [1.165, 1.54) is 6.07 Å². The minimum Gasteiger partial charge on any atom is -0.285 e. The summed E-state index contributed by atoms with van der Waals surface area (Å²) in [5.41, 5.74) is 1.06. The van der Waals surface area contributed by atoms with Crippen LogP contribution in [0.1, 0.15) is 0 Å². The van der Waals surface area contributed by atoms with Crippen molar-refractivity contribution < 1.29 is 8.42 Å². The molecule has 5 nitrogen and oxygen atoms in total. The van der Waals surface area contributed by atoms with Gasteiger partial charge in [0.05, 0.1) is 10.6 Å². The van der Waals surface area contributed by atoms with Gasteiger partial charge in [0.1, 0.15) is 0 Å². The van der Waals surface area contributed by atoms with Gasteiger partial charge in [-0.05, 0) is 12.1 Å². The van der Waals surface area contributed by atoms with Gasteiger partial charge in [0.25, 0.3) is 0 Å². The van der Waals surface area contributed by atoms with Gasteiger partial charge in [-0.25, -0.2) is 13.6 Å². The van der Waals surface area contributed by atoms with Gasteiger partial charge in [0, 0.05) is 11.8 Å². The third-order valence-electron chi connectivity index (χ3n) is 1.97. The Hall–Kier alpha value is -1.66. The first-order valence-electron chi connectivity index (χ1n) is 4.21. The van der Waals surface area contributed by atoms with Crippen LogP contribution in [0.15, 0.2) is 41.4 Å². The van der Waals surface area contributed by atoms with Crippen molar-refractivity contribution in [3.05, 3.63) is 36.5 Å². The van der Waals surface area contributed by atoms with Crippen molar-refractivity contribution in [3.8, 4) is 11.3 Å². The number of aromatic amines is 1. The molecule has 6 heteroatoms. The molecule has 15 heavy (non-hydrogen) atoms. The third kappa shape index (κ3) is 1.90. The minimum absolute atomic E-state index is 0.0806. The quantitative estimate of drug-likeness (QED) is 0.786. The van der Waals surface area contributed by atoms with E-state index >= 15 is 0 Å². The molecule has 1 aromatic heterocycles. The molecule has 1 heterocycles. The van der Waals surface area contributed by atoms with E-state index < -0.39 is 10.0 Å². The highest BCUT2D eigenvalue weighted by molar-refractivity contribution is 7.89. The highest BCUT2D eigenvalue weighted by atomic mass is 32.2. The number of hydrogen-bond acceptors (Lipinski definition) is 3. The molecule has 0 aliphatic heterocycles. The monoisotopic (exact) mass is 223 g/mol. The summed E-state index contributed by atoms with van der Waals surface area (Å²) in [6.45, 7) is 0. The largest absolute Gasteiger partial charge is 0.285 e. The molecule has 0 fully saturated rings. The van der Waals surface area contributed by atoms with Gasteiger partial charge in [0.15, 0.2) is 0 Å². The van der Waals surface area contributed by atoms with Crippen LogP contribution in [0.25, 0.3) is 11.3 Å². The van der Waals surface area contributed by atoms with Gasteiger partial charge in [-0.15, -0.1) is 0 Å². The van der Waals surface area contributed by atoms with Gasteiger partial charge >= 0.3 is 0 Å². The molecule has 0 bridgehead atoms. The molecular weight excluding hydrogens is 214 g/mol. The maximum atomic E-state index is 11.3. The Bertz CT molecular complexity index is 561. The van der Waals surface area contributed by atoms with Crippen molar-refractivity contribution >= 4 is 10.0 Å². The number of nitrogens with two attached hydrogens (primary N) is 1. The molecule has 78 valence electrons. The summed E-state index contributed by atoms with van der Waals surface area (Å²) in [5.74, 6) is 0. The molecule has 2 aromatic rings. The Morgan fingerprint density at radius 2 is 1.93 bits per heavy atom. The standard InChI is InChI=1S/C9H9N3O2S/c10-15(13,14)9-4-2-1-3-7(9)8-5-6-11-12-8/h1-6H,(H,11,12)(H2,10,13,14). The van der Waals surface area contributed by atoms with E-state index in [9.17, 15) is 8.42 Å². The smallest absolute Gasteiger partial charge is 0.238 e. The molecule has 1 aromatic carbocycles. The second-order valence-electron chi connectivity index (χ2n) is 3.00. The van der Waals surface area contributed by atoms with Crippen molar-refractivity contribution in [3.63, 3.8) is 0 Å². The van der Waals surface area contributed by atoms with E-state index in [1.54, 1.807) is 30.5 Å². The average Bonchev–Trinajstić information content (AvgIpc) is 2.69. The summed E-state index contributed by atoms with van der Waals surface area (Å²) in [7, 11) is -3.71. The molecule has 2 rings (SSSR count). The van der Waals surface area contributed by atoms with Gasteiger partial charge in [-0.1, -0.05) is 18.2 Å². The van der Waals surface area contributed by atoms with Crippen molar-refractivity contribution in [1.82, 2.24) is 10.2 Å². The van der Waals surface area contributed by atoms with Crippen molar-refractivity contribution in [1.29, 1.82) is 0 Å². The van der Waals surface area contributed by atoms with E-state index in [1.807, 2.05) is 0 Å². The number of nitrogens with one attached hydrogen (secondary N) is 1. The molecule has 0 saturated carbocycles. The zero-order valence-electron chi connectivity index (χ0n) is 7.71. The average molecular weight is 223 g/mol. The summed E-state index contributed by atoms with van der Waals surface area (Å²) in [5, 5.41) is 11.6. The van der Waals surface area contributed by atoms with Crippen molar-refractivity contribution in [2.45, 2.75) is 4.90 Å². The van der Waals surface area contributed by atoms with Crippen LogP contribution < -0.4 is 5.14 Å². The summed E-state index contributed by atoms with van der Waals surface area (Å²) < 4.78 is 22.6. The number of sulfonamides is 1. The highest BCUT2D eigenvalue weighted by Crippen LogP contribution is 2.23. The first kappa shape index (κ1) is 9.88. The van der Waals surface area contributed by atoms with E-state index in [4.69, 9.17) is 5.14 Å². The summed E-state index contributed by atoms with van der Waals surface area (Å²) in [4.78, 5) is 0.0806. The first-order chi connectivity index (χ1) is 7.09. The lowest BCUT2D eigenvalue weighted by molar-refractivity contribution is 0.598. The minimum atomic E-state index is -3.71. The fraction of sp³-hybridized carbons (Fsp3) is 0. The number of benzene rings is 1. The van der Waals surface area contributed by atoms with Crippen LogP contribution >= 0.6 is 0 Å².